The Labute approximate surface area is 151 Å². The van der Waals surface area contributed by atoms with Crippen LogP contribution in [0.5, 0.6) is 5.75 Å². The Kier molecular flexibility index (Phi) is 5.22. The molecule has 25 heavy (non-hydrogen) atoms. The van der Waals surface area contributed by atoms with Crippen molar-refractivity contribution >= 4 is 17.5 Å². The van der Waals surface area contributed by atoms with E-state index >= 15 is 0 Å². The summed E-state index contributed by atoms with van der Waals surface area (Å²) in [6.07, 6.45) is -3.05. The van der Waals surface area contributed by atoms with Gasteiger partial charge in [-0.05, 0) is 38.1 Å². The van der Waals surface area contributed by atoms with E-state index < -0.39 is 36.4 Å². The van der Waals surface area contributed by atoms with Gasteiger partial charge in [-0.15, -0.1) is 0 Å². The van der Waals surface area contributed by atoms with Crippen LogP contribution in [0.4, 0.5) is 0 Å². The van der Waals surface area contributed by atoms with Crippen molar-refractivity contribution in [2.45, 2.75) is 57.2 Å². The van der Waals surface area contributed by atoms with Crippen molar-refractivity contribution in [1.82, 2.24) is 5.32 Å². The Morgan fingerprint density at radius 1 is 1.36 bits per heavy atom. The molecule has 2 heterocycles. The molecule has 1 aromatic carbocycles. The largest absolute Gasteiger partial charge is 0.463 e. The van der Waals surface area contributed by atoms with Crippen molar-refractivity contribution in [2.24, 2.45) is 0 Å². The number of benzene rings is 1. The first-order valence-electron chi connectivity index (χ1n) is 8.10. The minimum absolute atomic E-state index is 0.252. The first-order valence-corrected chi connectivity index (χ1v) is 8.47. The summed E-state index contributed by atoms with van der Waals surface area (Å²) in [4.78, 5) is 11.6. The minimum Gasteiger partial charge on any atom is -0.463 e. The van der Waals surface area contributed by atoms with Gasteiger partial charge in [0.1, 0.15) is 30.1 Å². The van der Waals surface area contributed by atoms with Gasteiger partial charge in [-0.3, -0.25) is 4.79 Å². The summed E-state index contributed by atoms with van der Waals surface area (Å²) >= 11 is 5.88. The van der Waals surface area contributed by atoms with Gasteiger partial charge in [-0.25, -0.2) is 0 Å². The van der Waals surface area contributed by atoms with Gasteiger partial charge in [0, 0.05) is 11.9 Å². The second-order valence-corrected chi connectivity index (χ2v) is 7.06. The molecule has 1 aromatic rings. The molecule has 0 bridgehead atoms. The summed E-state index contributed by atoms with van der Waals surface area (Å²) in [5.41, 5.74) is 0. The number of hydrogen-bond acceptors (Lipinski definition) is 6. The van der Waals surface area contributed by atoms with Gasteiger partial charge in [0.2, 0.25) is 12.2 Å². The third-order valence-corrected chi connectivity index (χ3v) is 4.38. The van der Waals surface area contributed by atoms with Crippen LogP contribution in [0.15, 0.2) is 24.3 Å². The van der Waals surface area contributed by atoms with E-state index in [1.54, 1.807) is 38.1 Å². The summed E-state index contributed by atoms with van der Waals surface area (Å²) in [5, 5.41) is 14.0. The Bertz CT molecular complexity index is 622. The lowest BCUT2D eigenvalue weighted by atomic mass is 9.95. The number of ether oxygens (including phenoxy) is 4. The first-order chi connectivity index (χ1) is 11.7. The number of rotatable bonds is 3. The molecule has 0 unspecified atom stereocenters. The van der Waals surface area contributed by atoms with E-state index in [4.69, 9.17) is 30.5 Å². The Balaban J connectivity index is 1.80. The van der Waals surface area contributed by atoms with Crippen LogP contribution in [-0.2, 0) is 19.0 Å². The van der Waals surface area contributed by atoms with Crippen molar-refractivity contribution < 1.29 is 28.8 Å². The maximum atomic E-state index is 11.6. The van der Waals surface area contributed by atoms with Crippen molar-refractivity contribution in [2.75, 3.05) is 6.61 Å². The average molecular weight is 372 g/mol. The van der Waals surface area contributed by atoms with Crippen LogP contribution in [0.3, 0.4) is 0 Å². The van der Waals surface area contributed by atoms with Crippen LogP contribution in [0.1, 0.15) is 20.8 Å². The van der Waals surface area contributed by atoms with E-state index in [9.17, 15) is 9.90 Å². The first kappa shape index (κ1) is 18.4. The van der Waals surface area contributed by atoms with Crippen LogP contribution in [-0.4, -0.2) is 54.1 Å². The molecule has 138 valence electrons. The molecule has 2 N–H and O–H groups in total. The molecule has 2 fully saturated rings. The number of halogens is 1. The van der Waals surface area contributed by atoms with E-state index in [0.29, 0.717) is 10.8 Å². The fourth-order valence-electron chi connectivity index (χ4n) is 2.98. The maximum absolute atomic E-state index is 11.6. The van der Waals surface area contributed by atoms with Gasteiger partial charge >= 0.3 is 0 Å². The van der Waals surface area contributed by atoms with Gasteiger partial charge in [-0.1, -0.05) is 11.6 Å². The molecule has 0 radical (unpaired) electrons. The summed E-state index contributed by atoms with van der Waals surface area (Å²) in [5.74, 6) is -0.633. The number of carbonyl (C=O) groups excluding carboxylic acids is 1. The van der Waals surface area contributed by atoms with Crippen LogP contribution in [0, 0.1) is 0 Å². The molecule has 8 heteroatoms. The molecule has 5 atom stereocenters. The van der Waals surface area contributed by atoms with Crippen LogP contribution >= 0.6 is 11.6 Å². The Morgan fingerprint density at radius 2 is 2.04 bits per heavy atom. The van der Waals surface area contributed by atoms with Crippen molar-refractivity contribution in [1.29, 1.82) is 0 Å². The molecule has 3 rings (SSSR count). The van der Waals surface area contributed by atoms with E-state index in [1.807, 2.05) is 0 Å². The number of aliphatic hydroxyl groups excluding tert-OH is 1. The summed E-state index contributed by atoms with van der Waals surface area (Å²) in [7, 11) is 0. The number of aliphatic hydroxyl groups is 1. The van der Waals surface area contributed by atoms with E-state index in [0.717, 1.165) is 0 Å². The van der Waals surface area contributed by atoms with E-state index in [2.05, 4.69) is 5.32 Å². The Morgan fingerprint density at radius 3 is 2.68 bits per heavy atom. The third kappa shape index (κ3) is 4.24. The van der Waals surface area contributed by atoms with Gasteiger partial charge < -0.3 is 29.4 Å². The standard InChI is InChI=1S/C17H22ClNO6/c1-9(20)19-13-14(21)15-12(8-22-17(2,3)25-15)24-16(13)23-11-6-4-10(18)5-7-11/h4-7,12-16,21H,8H2,1-3H3,(H,19,20)/t12-,13-,14-,15+,16+/m1/s1. The van der Waals surface area contributed by atoms with Gasteiger partial charge in [0.05, 0.1) is 6.61 Å². The predicted octanol–water partition coefficient (Wildman–Crippen LogP) is 1.46. The van der Waals surface area contributed by atoms with Crippen molar-refractivity contribution in [3.63, 3.8) is 0 Å². The highest BCUT2D eigenvalue weighted by Crippen LogP contribution is 2.33. The molecule has 0 aromatic heterocycles. The number of carbonyl (C=O) groups is 1. The highest BCUT2D eigenvalue weighted by Gasteiger charge is 2.52. The van der Waals surface area contributed by atoms with Crippen LogP contribution in [0.2, 0.25) is 5.02 Å². The highest BCUT2D eigenvalue weighted by atomic mass is 35.5. The smallest absolute Gasteiger partial charge is 0.223 e. The summed E-state index contributed by atoms with van der Waals surface area (Å²) < 4.78 is 23.1. The molecule has 2 aliphatic heterocycles. The summed E-state index contributed by atoms with van der Waals surface area (Å²) in [6.45, 7) is 5.15. The average Bonchev–Trinajstić information content (AvgIpc) is 2.53. The highest BCUT2D eigenvalue weighted by molar-refractivity contribution is 6.30. The second-order valence-electron chi connectivity index (χ2n) is 6.62. The second kappa shape index (κ2) is 7.09. The molecule has 2 aliphatic rings. The fraction of sp³-hybridized carbons (Fsp3) is 0.588. The van der Waals surface area contributed by atoms with E-state index in [-0.39, 0.29) is 12.5 Å². The number of fused-ring (bicyclic) bond motifs is 1. The van der Waals surface area contributed by atoms with Gasteiger partial charge in [0.25, 0.3) is 0 Å². The third-order valence-electron chi connectivity index (χ3n) is 4.12. The molecule has 7 nitrogen and oxygen atoms in total. The van der Waals surface area contributed by atoms with Crippen LogP contribution < -0.4 is 10.1 Å². The lowest BCUT2D eigenvalue weighted by Crippen LogP contribution is -2.69. The zero-order valence-corrected chi connectivity index (χ0v) is 15.0. The minimum atomic E-state index is -1.01. The predicted molar refractivity (Wildman–Crippen MR) is 89.3 cm³/mol. The number of nitrogens with one attached hydrogen (secondary N) is 1. The molecule has 0 aliphatic carbocycles. The monoisotopic (exact) mass is 371 g/mol. The molecule has 2 saturated heterocycles. The summed E-state index contributed by atoms with van der Waals surface area (Å²) in [6, 6.07) is 5.95. The zero-order valence-electron chi connectivity index (χ0n) is 14.3. The van der Waals surface area contributed by atoms with Gasteiger partial charge in [0.15, 0.2) is 5.79 Å². The zero-order chi connectivity index (χ0) is 18.2. The van der Waals surface area contributed by atoms with Crippen LogP contribution in [0.25, 0.3) is 0 Å². The fourth-order valence-corrected chi connectivity index (χ4v) is 3.11. The topological polar surface area (TPSA) is 86.3 Å². The maximum Gasteiger partial charge on any atom is 0.223 e. The lowest BCUT2D eigenvalue weighted by Gasteiger charge is -2.49. The van der Waals surface area contributed by atoms with E-state index in [1.165, 1.54) is 6.92 Å². The molecule has 0 spiro atoms. The SMILES string of the molecule is CC(=O)N[C@H]1[C@@H](Oc2ccc(Cl)cc2)O[C@@H]2COC(C)(C)O[C@@H]2[C@@H]1O. The van der Waals surface area contributed by atoms with Gasteiger partial charge in [-0.2, -0.15) is 0 Å². The Hall–Kier alpha value is -1.38. The van der Waals surface area contributed by atoms with Crippen molar-refractivity contribution in [3.8, 4) is 5.75 Å². The number of hydrogen-bond donors (Lipinski definition) is 2. The molecular weight excluding hydrogens is 350 g/mol. The molecule has 0 saturated carbocycles. The lowest BCUT2D eigenvalue weighted by molar-refractivity contribution is -0.361. The van der Waals surface area contributed by atoms with Crippen molar-refractivity contribution in [3.05, 3.63) is 29.3 Å². The molecule has 1 amide bonds. The quantitative estimate of drug-likeness (QED) is 0.836. The normalized spacial score (nSPS) is 34.0. The number of amides is 1. The molecular formula is C17H22ClNO6.